The molecule has 1 N–H and O–H groups in total. The molecular formula is C21H22FN5O2S. The highest BCUT2D eigenvalue weighted by molar-refractivity contribution is 7.13. The number of anilines is 2. The lowest BCUT2D eigenvalue weighted by Crippen LogP contribution is -2.47. The minimum atomic E-state index is -0.435. The van der Waals surface area contributed by atoms with E-state index in [9.17, 15) is 4.79 Å². The minimum Gasteiger partial charge on any atom is -0.357 e. The van der Waals surface area contributed by atoms with Crippen LogP contribution < -0.4 is 10.2 Å². The molecule has 2 aromatic heterocycles. The van der Waals surface area contributed by atoms with Crippen molar-refractivity contribution in [3.63, 3.8) is 0 Å². The van der Waals surface area contributed by atoms with Gasteiger partial charge in [-0.3, -0.25) is 4.79 Å². The number of carbonyl (C=O) groups excluding carboxylic acids is 1. The van der Waals surface area contributed by atoms with Crippen LogP contribution in [0.25, 0.3) is 11.4 Å². The van der Waals surface area contributed by atoms with E-state index >= 15 is 4.39 Å². The van der Waals surface area contributed by atoms with Crippen LogP contribution in [0.1, 0.15) is 49.6 Å². The molecule has 1 amide bonds. The van der Waals surface area contributed by atoms with Crippen molar-refractivity contribution in [1.82, 2.24) is 15.1 Å². The summed E-state index contributed by atoms with van der Waals surface area (Å²) in [5.74, 6) is 0.827. The second-order valence-electron chi connectivity index (χ2n) is 7.88. The third-order valence-electron chi connectivity index (χ3n) is 5.54. The van der Waals surface area contributed by atoms with Crippen LogP contribution in [-0.2, 0) is 4.79 Å². The van der Waals surface area contributed by atoms with Gasteiger partial charge in [-0.25, -0.2) is 9.37 Å². The van der Waals surface area contributed by atoms with Crippen LogP contribution >= 0.6 is 11.3 Å². The average Bonchev–Trinajstić information content (AvgIpc) is 3.33. The summed E-state index contributed by atoms with van der Waals surface area (Å²) in [4.78, 5) is 23.4. The fraction of sp³-hybridized carbons (Fsp3) is 0.429. The molecule has 2 aliphatic rings. The Kier molecular flexibility index (Phi) is 4.98. The normalized spacial score (nSPS) is 19.1. The number of amides is 1. The molecule has 30 heavy (non-hydrogen) atoms. The summed E-state index contributed by atoms with van der Waals surface area (Å²) in [6.45, 7) is 2.51. The smallest absolute Gasteiger partial charge is 0.248 e. The Morgan fingerprint density at radius 2 is 2.13 bits per heavy atom. The summed E-state index contributed by atoms with van der Waals surface area (Å²) < 4.78 is 20.4. The Morgan fingerprint density at radius 3 is 2.87 bits per heavy atom. The summed E-state index contributed by atoms with van der Waals surface area (Å²) in [6, 6.07) is 4.48. The molecule has 1 atom stereocenters. The maximum absolute atomic E-state index is 15.1. The predicted octanol–water partition coefficient (Wildman–Crippen LogP) is 4.52. The van der Waals surface area contributed by atoms with Gasteiger partial charge in [0.1, 0.15) is 11.9 Å². The van der Waals surface area contributed by atoms with Gasteiger partial charge in [0.05, 0.1) is 11.4 Å². The van der Waals surface area contributed by atoms with E-state index in [0.29, 0.717) is 47.0 Å². The second-order valence-corrected chi connectivity index (χ2v) is 8.74. The molecule has 1 saturated heterocycles. The van der Waals surface area contributed by atoms with Crippen molar-refractivity contribution in [1.29, 1.82) is 0 Å². The maximum Gasteiger partial charge on any atom is 0.248 e. The van der Waals surface area contributed by atoms with Gasteiger partial charge in [-0.1, -0.05) is 5.16 Å². The lowest BCUT2D eigenvalue weighted by atomic mass is 10.00. The predicted molar refractivity (Wildman–Crippen MR) is 112 cm³/mol. The largest absolute Gasteiger partial charge is 0.357 e. The number of hydrogen-bond acceptors (Lipinski definition) is 7. The molecule has 1 unspecified atom stereocenters. The fourth-order valence-corrected chi connectivity index (χ4v) is 4.51. The maximum atomic E-state index is 15.1. The Morgan fingerprint density at radius 1 is 1.27 bits per heavy atom. The standard InChI is InChI=1S/C21H22FN5O2S/c1-12-11-30-21(23-12)25-19(28)17-4-2-3-9-27(17)16-8-7-14(10-15(16)22)18-24-20(29-26-18)13-5-6-13/h7-8,10-11,13,17H,2-6,9H2,1H3,(H,23,25,28). The summed E-state index contributed by atoms with van der Waals surface area (Å²) in [5, 5.41) is 9.33. The van der Waals surface area contributed by atoms with Gasteiger partial charge in [0.2, 0.25) is 17.6 Å². The number of piperidine rings is 1. The third kappa shape index (κ3) is 3.81. The number of halogens is 1. The number of aromatic nitrogens is 3. The zero-order valence-corrected chi connectivity index (χ0v) is 17.4. The number of nitrogens with zero attached hydrogens (tertiary/aromatic N) is 4. The summed E-state index contributed by atoms with van der Waals surface area (Å²) in [5.41, 5.74) is 1.85. The van der Waals surface area contributed by atoms with E-state index in [-0.39, 0.29) is 5.91 Å². The molecule has 0 radical (unpaired) electrons. The molecule has 1 saturated carbocycles. The molecule has 156 valence electrons. The van der Waals surface area contributed by atoms with Gasteiger partial charge < -0.3 is 14.7 Å². The number of hydrogen-bond donors (Lipinski definition) is 1. The van der Waals surface area contributed by atoms with Crippen molar-refractivity contribution in [3.05, 3.63) is 41.0 Å². The molecule has 1 aliphatic heterocycles. The van der Waals surface area contributed by atoms with E-state index in [0.717, 1.165) is 31.4 Å². The van der Waals surface area contributed by atoms with E-state index in [1.165, 1.54) is 17.4 Å². The highest BCUT2D eigenvalue weighted by Gasteiger charge is 2.32. The molecule has 2 fully saturated rings. The van der Waals surface area contributed by atoms with Crippen molar-refractivity contribution in [2.75, 3.05) is 16.8 Å². The molecular weight excluding hydrogens is 405 g/mol. The monoisotopic (exact) mass is 427 g/mol. The average molecular weight is 428 g/mol. The number of benzene rings is 1. The zero-order chi connectivity index (χ0) is 20.7. The van der Waals surface area contributed by atoms with Crippen molar-refractivity contribution in [3.8, 4) is 11.4 Å². The van der Waals surface area contributed by atoms with Gasteiger partial charge in [-0.05, 0) is 57.2 Å². The van der Waals surface area contributed by atoms with Crippen LogP contribution in [0.5, 0.6) is 0 Å². The number of thiazole rings is 1. The zero-order valence-electron chi connectivity index (χ0n) is 16.6. The van der Waals surface area contributed by atoms with Crippen LogP contribution in [-0.4, -0.2) is 33.6 Å². The van der Waals surface area contributed by atoms with E-state index in [1.54, 1.807) is 12.1 Å². The number of rotatable bonds is 5. The number of nitrogens with one attached hydrogen (secondary N) is 1. The Hall–Kier alpha value is -2.81. The van der Waals surface area contributed by atoms with Crippen molar-refractivity contribution >= 4 is 28.1 Å². The topological polar surface area (TPSA) is 84.2 Å². The van der Waals surface area contributed by atoms with Crippen molar-refractivity contribution < 1.29 is 13.7 Å². The van der Waals surface area contributed by atoms with Crippen LogP contribution in [0.3, 0.4) is 0 Å². The quantitative estimate of drug-likeness (QED) is 0.645. The molecule has 3 aromatic rings. The van der Waals surface area contributed by atoms with Gasteiger partial charge in [0.15, 0.2) is 5.13 Å². The molecule has 9 heteroatoms. The van der Waals surface area contributed by atoms with Crippen LogP contribution in [0.15, 0.2) is 28.1 Å². The summed E-state index contributed by atoms with van der Waals surface area (Å²) in [7, 11) is 0. The van der Waals surface area contributed by atoms with Gasteiger partial charge in [0, 0.05) is 23.4 Å². The first-order chi connectivity index (χ1) is 14.6. The van der Waals surface area contributed by atoms with Crippen molar-refractivity contribution in [2.45, 2.75) is 51.0 Å². The van der Waals surface area contributed by atoms with Crippen LogP contribution in [0, 0.1) is 12.7 Å². The number of aryl methyl sites for hydroxylation is 1. The fourth-order valence-electron chi connectivity index (χ4n) is 3.82. The molecule has 0 spiro atoms. The molecule has 0 bridgehead atoms. The summed E-state index contributed by atoms with van der Waals surface area (Å²) in [6.07, 6.45) is 4.64. The molecule has 1 aromatic carbocycles. The molecule has 1 aliphatic carbocycles. The van der Waals surface area contributed by atoms with E-state index in [4.69, 9.17) is 4.52 Å². The SMILES string of the molecule is Cc1csc(NC(=O)C2CCCCN2c2ccc(-c3noc(C4CC4)n3)cc2F)n1. The van der Waals surface area contributed by atoms with Crippen molar-refractivity contribution in [2.24, 2.45) is 0 Å². The minimum absolute atomic E-state index is 0.153. The van der Waals surface area contributed by atoms with Gasteiger partial charge in [-0.15, -0.1) is 11.3 Å². The highest BCUT2D eigenvalue weighted by Crippen LogP contribution is 2.39. The highest BCUT2D eigenvalue weighted by atomic mass is 32.1. The Labute approximate surface area is 177 Å². The number of carbonyl (C=O) groups is 1. The van der Waals surface area contributed by atoms with Crippen LogP contribution in [0.4, 0.5) is 15.2 Å². The lowest BCUT2D eigenvalue weighted by Gasteiger charge is -2.36. The lowest BCUT2D eigenvalue weighted by molar-refractivity contribution is -0.117. The first-order valence-corrected chi connectivity index (χ1v) is 11.1. The third-order valence-corrected chi connectivity index (χ3v) is 6.41. The second kappa shape index (κ2) is 7.79. The first-order valence-electron chi connectivity index (χ1n) is 10.2. The Bertz CT molecular complexity index is 1080. The first kappa shape index (κ1) is 19.2. The summed E-state index contributed by atoms with van der Waals surface area (Å²) >= 11 is 1.39. The molecule has 7 nitrogen and oxygen atoms in total. The van der Waals surface area contributed by atoms with E-state index < -0.39 is 11.9 Å². The molecule has 5 rings (SSSR count). The van der Waals surface area contributed by atoms with Gasteiger partial charge >= 0.3 is 0 Å². The van der Waals surface area contributed by atoms with Crippen LogP contribution in [0.2, 0.25) is 0 Å². The molecule has 3 heterocycles. The van der Waals surface area contributed by atoms with E-state index in [2.05, 4.69) is 20.4 Å². The van der Waals surface area contributed by atoms with Gasteiger partial charge in [-0.2, -0.15) is 4.98 Å². The van der Waals surface area contributed by atoms with Gasteiger partial charge in [0.25, 0.3) is 0 Å². The van der Waals surface area contributed by atoms with E-state index in [1.807, 2.05) is 17.2 Å². The Balaban J connectivity index is 1.37.